The van der Waals surface area contributed by atoms with Gasteiger partial charge < -0.3 is 24.4 Å². The lowest BCUT2D eigenvalue weighted by molar-refractivity contribution is -0.154. The van der Waals surface area contributed by atoms with E-state index in [2.05, 4.69) is 33.1 Å². The van der Waals surface area contributed by atoms with E-state index in [9.17, 15) is 19.2 Å². The SMILES string of the molecule is CON=C(CC(=O)OC(C)(C)C)C(=O)NC1C(=O)N2C(C(=O)OCc3ccc(OC)cc3)=C(CI)CSC12. The van der Waals surface area contributed by atoms with E-state index in [0.717, 1.165) is 11.1 Å². The van der Waals surface area contributed by atoms with Gasteiger partial charge in [-0.3, -0.25) is 19.3 Å². The first kappa shape index (κ1) is 29.7. The fourth-order valence-corrected chi connectivity index (χ4v) is 6.06. The van der Waals surface area contributed by atoms with Gasteiger partial charge in [-0.2, -0.15) is 0 Å². The number of amides is 2. The van der Waals surface area contributed by atoms with Crippen molar-refractivity contribution >= 4 is 63.8 Å². The second-order valence-corrected chi connectivity index (χ2v) is 11.2. The van der Waals surface area contributed by atoms with E-state index in [4.69, 9.17) is 19.0 Å². The summed E-state index contributed by atoms with van der Waals surface area (Å²) in [6.45, 7) is 5.15. The Bertz CT molecular complexity index is 1150. The van der Waals surface area contributed by atoms with Crippen molar-refractivity contribution in [2.45, 2.75) is 50.8 Å². The lowest BCUT2D eigenvalue weighted by atomic mass is 10.0. The number of halogens is 1. The second kappa shape index (κ2) is 12.8. The number of nitrogens with zero attached hydrogens (tertiary/aromatic N) is 2. The van der Waals surface area contributed by atoms with Crippen LogP contribution in [0.25, 0.3) is 0 Å². The fraction of sp³-hybridized carbons (Fsp3) is 0.480. The van der Waals surface area contributed by atoms with Crippen molar-refractivity contribution in [1.29, 1.82) is 0 Å². The van der Waals surface area contributed by atoms with Crippen LogP contribution in [0.5, 0.6) is 5.75 Å². The predicted molar refractivity (Wildman–Crippen MR) is 149 cm³/mol. The van der Waals surface area contributed by atoms with Gasteiger partial charge in [0.2, 0.25) is 0 Å². The Kier molecular flexibility index (Phi) is 10.0. The van der Waals surface area contributed by atoms with E-state index in [1.54, 1.807) is 52.1 Å². The molecule has 1 aromatic carbocycles. The summed E-state index contributed by atoms with van der Waals surface area (Å²) in [6.07, 6.45) is -0.429. The summed E-state index contributed by atoms with van der Waals surface area (Å²) in [7, 11) is 2.81. The number of hydrogen-bond donors (Lipinski definition) is 1. The summed E-state index contributed by atoms with van der Waals surface area (Å²) in [5.74, 6) is -1.28. The molecule has 2 amide bonds. The number of alkyl halides is 1. The first-order valence-corrected chi connectivity index (χ1v) is 14.2. The molecule has 0 aromatic heterocycles. The number of carbonyl (C=O) groups excluding carboxylic acids is 4. The summed E-state index contributed by atoms with van der Waals surface area (Å²) in [5.41, 5.74) is 0.780. The molecule has 2 aliphatic rings. The minimum atomic E-state index is -0.909. The molecule has 3 rings (SSSR count). The number of β-lactam (4-membered cyclic amide) rings is 1. The smallest absolute Gasteiger partial charge is 0.355 e. The van der Waals surface area contributed by atoms with Crippen LogP contribution in [0.1, 0.15) is 32.8 Å². The highest BCUT2D eigenvalue weighted by Gasteiger charge is 2.54. The zero-order valence-electron chi connectivity index (χ0n) is 21.7. The molecule has 206 valence electrons. The number of carbonyl (C=O) groups is 4. The molecule has 0 radical (unpaired) electrons. The summed E-state index contributed by atoms with van der Waals surface area (Å²) in [5, 5.41) is 5.76. The van der Waals surface area contributed by atoms with Crippen LogP contribution in [0.15, 0.2) is 40.7 Å². The van der Waals surface area contributed by atoms with Crippen molar-refractivity contribution < 1.29 is 38.2 Å². The molecule has 13 heteroatoms. The van der Waals surface area contributed by atoms with Crippen LogP contribution in [-0.2, 0) is 40.1 Å². The molecule has 0 saturated carbocycles. The minimum absolute atomic E-state index is 0.0301. The third kappa shape index (κ3) is 7.18. The Hall–Kier alpha value is -2.81. The van der Waals surface area contributed by atoms with Gasteiger partial charge in [0.1, 0.15) is 42.2 Å². The van der Waals surface area contributed by atoms with Gasteiger partial charge in [-0.25, -0.2) is 4.79 Å². The number of thioether (sulfide) groups is 1. The van der Waals surface area contributed by atoms with Crippen LogP contribution in [0.4, 0.5) is 0 Å². The van der Waals surface area contributed by atoms with Crippen molar-refractivity contribution in [3.05, 3.63) is 41.1 Å². The second-order valence-electron chi connectivity index (χ2n) is 9.35. The molecule has 2 unspecified atom stereocenters. The van der Waals surface area contributed by atoms with E-state index >= 15 is 0 Å². The zero-order chi connectivity index (χ0) is 28.0. The largest absolute Gasteiger partial charge is 0.497 e. The number of hydrogen-bond acceptors (Lipinski definition) is 10. The average Bonchev–Trinajstić information content (AvgIpc) is 2.88. The molecular formula is C25H30IN3O8S. The quantitative estimate of drug-likeness (QED) is 0.101. The van der Waals surface area contributed by atoms with E-state index in [1.807, 2.05) is 0 Å². The first-order valence-electron chi connectivity index (χ1n) is 11.6. The molecule has 0 aliphatic carbocycles. The summed E-state index contributed by atoms with van der Waals surface area (Å²) in [6, 6.07) is 6.20. The normalized spacial score (nSPS) is 19.3. The van der Waals surface area contributed by atoms with Crippen molar-refractivity contribution in [1.82, 2.24) is 10.2 Å². The van der Waals surface area contributed by atoms with E-state index < -0.39 is 47.2 Å². The molecule has 0 bridgehead atoms. The summed E-state index contributed by atoms with van der Waals surface area (Å²) in [4.78, 5) is 57.4. The molecule has 11 nitrogen and oxygen atoms in total. The van der Waals surface area contributed by atoms with Crippen LogP contribution in [0.3, 0.4) is 0 Å². The molecule has 1 fully saturated rings. The van der Waals surface area contributed by atoms with Crippen LogP contribution >= 0.6 is 34.4 Å². The Labute approximate surface area is 238 Å². The maximum Gasteiger partial charge on any atom is 0.355 e. The number of nitrogens with one attached hydrogen (secondary N) is 1. The minimum Gasteiger partial charge on any atom is -0.497 e. The molecule has 1 N–H and O–H groups in total. The highest BCUT2D eigenvalue weighted by Crippen LogP contribution is 2.41. The highest BCUT2D eigenvalue weighted by atomic mass is 127. The molecule has 2 heterocycles. The molecule has 1 aromatic rings. The van der Waals surface area contributed by atoms with Crippen LogP contribution in [-0.4, -0.2) is 75.8 Å². The lowest BCUT2D eigenvalue weighted by Crippen LogP contribution is -2.71. The van der Waals surface area contributed by atoms with Gasteiger partial charge >= 0.3 is 11.9 Å². The van der Waals surface area contributed by atoms with Gasteiger partial charge in [-0.05, 0) is 44.0 Å². The van der Waals surface area contributed by atoms with Crippen LogP contribution in [0.2, 0.25) is 0 Å². The Balaban J connectivity index is 1.67. The molecule has 1 saturated heterocycles. The Morgan fingerprint density at radius 1 is 1.18 bits per heavy atom. The average molecular weight is 659 g/mol. The van der Waals surface area contributed by atoms with E-state index in [0.29, 0.717) is 15.9 Å². The third-order valence-electron chi connectivity index (χ3n) is 5.41. The summed E-state index contributed by atoms with van der Waals surface area (Å²) < 4.78 is 16.4. The zero-order valence-corrected chi connectivity index (χ0v) is 24.7. The molecule has 2 atom stereocenters. The maximum atomic E-state index is 13.1. The lowest BCUT2D eigenvalue weighted by Gasteiger charge is -2.49. The third-order valence-corrected chi connectivity index (χ3v) is 7.67. The Morgan fingerprint density at radius 2 is 1.87 bits per heavy atom. The predicted octanol–water partition coefficient (Wildman–Crippen LogP) is 2.56. The topological polar surface area (TPSA) is 133 Å². The van der Waals surface area contributed by atoms with Crippen LogP contribution < -0.4 is 10.1 Å². The Morgan fingerprint density at radius 3 is 2.45 bits per heavy atom. The first-order chi connectivity index (χ1) is 18.0. The monoisotopic (exact) mass is 659 g/mol. The number of ether oxygens (including phenoxy) is 3. The van der Waals surface area contributed by atoms with Gasteiger partial charge in [-0.1, -0.05) is 39.9 Å². The fourth-order valence-electron chi connectivity index (χ4n) is 3.72. The highest BCUT2D eigenvalue weighted by molar-refractivity contribution is 14.1. The molecule has 38 heavy (non-hydrogen) atoms. The van der Waals surface area contributed by atoms with Crippen LogP contribution in [0, 0.1) is 0 Å². The van der Waals surface area contributed by atoms with Gasteiger partial charge in [0.15, 0.2) is 5.71 Å². The standard InChI is InChI=1S/C25H30IN3O8S/c1-25(2,3)37-18(30)10-17(28-35-5)21(31)27-19-22(32)29-20(15(11-26)13-38-23(19)29)24(33)36-12-14-6-8-16(34-4)9-7-14/h6-9,19,23H,10-13H2,1-5H3,(H,27,31). The molecular weight excluding hydrogens is 629 g/mol. The van der Waals surface area contributed by atoms with Crippen molar-refractivity contribution in [2.75, 3.05) is 24.4 Å². The van der Waals surface area contributed by atoms with Gasteiger partial charge in [-0.15, -0.1) is 11.8 Å². The van der Waals surface area contributed by atoms with Gasteiger partial charge in [0.25, 0.3) is 11.8 Å². The number of rotatable bonds is 10. The number of fused-ring (bicyclic) bond motifs is 1. The van der Waals surface area contributed by atoms with Gasteiger partial charge in [0, 0.05) is 10.2 Å². The van der Waals surface area contributed by atoms with Crippen molar-refractivity contribution in [2.24, 2.45) is 5.16 Å². The molecule has 0 spiro atoms. The number of esters is 2. The summed E-state index contributed by atoms with van der Waals surface area (Å²) >= 11 is 3.57. The van der Waals surface area contributed by atoms with Crippen molar-refractivity contribution in [3.8, 4) is 5.75 Å². The van der Waals surface area contributed by atoms with Gasteiger partial charge in [0.05, 0.1) is 13.5 Å². The molecule has 2 aliphatic heterocycles. The maximum absolute atomic E-state index is 13.1. The van der Waals surface area contributed by atoms with E-state index in [1.165, 1.54) is 23.8 Å². The number of oxime groups is 1. The van der Waals surface area contributed by atoms with Crippen molar-refractivity contribution in [3.63, 3.8) is 0 Å². The number of benzene rings is 1. The van der Waals surface area contributed by atoms with E-state index in [-0.39, 0.29) is 18.0 Å². The number of methoxy groups -OCH3 is 1.